The smallest absolute Gasteiger partial charge is 0.255 e. The summed E-state index contributed by atoms with van der Waals surface area (Å²) in [5, 5.41) is 5.15. The Morgan fingerprint density at radius 2 is 1.92 bits per heavy atom. The third-order valence-electron chi connectivity index (χ3n) is 4.04. The molecule has 1 aliphatic carbocycles. The van der Waals surface area contributed by atoms with E-state index in [0.29, 0.717) is 10.0 Å². The average Bonchev–Trinajstić information content (AvgIpc) is 3.37. The number of carbonyl (C=O) groups excluding carboxylic acids is 1. The molecule has 0 saturated heterocycles. The van der Waals surface area contributed by atoms with Gasteiger partial charge in [0.2, 0.25) is 10.0 Å². The van der Waals surface area contributed by atoms with Gasteiger partial charge in [-0.3, -0.25) is 4.79 Å². The van der Waals surface area contributed by atoms with E-state index in [0.717, 1.165) is 12.8 Å². The van der Waals surface area contributed by atoms with Gasteiger partial charge in [-0.2, -0.15) is 0 Å². The molecule has 132 valence electrons. The molecule has 2 aromatic rings. The molecular weight excluding hydrogens is 411 g/mol. The number of sulfonamides is 1. The fourth-order valence-electron chi connectivity index (χ4n) is 2.56. The lowest BCUT2D eigenvalue weighted by Crippen LogP contribution is -2.33. The molecule has 0 bridgehead atoms. The molecule has 1 fully saturated rings. The normalized spacial score (nSPS) is 14.4. The molecule has 0 unspecified atom stereocenters. The molecule has 2 N–H and O–H groups in total. The van der Waals surface area contributed by atoms with Crippen LogP contribution < -0.4 is 5.14 Å². The lowest BCUT2D eigenvalue weighted by molar-refractivity contribution is 0.0727. The molecule has 3 rings (SSSR count). The van der Waals surface area contributed by atoms with Gasteiger partial charge >= 0.3 is 0 Å². The van der Waals surface area contributed by atoms with E-state index >= 15 is 0 Å². The Balaban J connectivity index is 1.95. The Morgan fingerprint density at radius 3 is 2.52 bits per heavy atom. The van der Waals surface area contributed by atoms with Crippen molar-refractivity contribution in [3.63, 3.8) is 0 Å². The van der Waals surface area contributed by atoms with Gasteiger partial charge in [0.05, 0.1) is 10.5 Å². The van der Waals surface area contributed by atoms with Crippen molar-refractivity contribution in [3.05, 3.63) is 63.9 Å². The molecule has 0 spiro atoms. The molecule has 1 amide bonds. The van der Waals surface area contributed by atoms with Crippen LogP contribution in [0.5, 0.6) is 0 Å². The molecule has 25 heavy (non-hydrogen) atoms. The fourth-order valence-corrected chi connectivity index (χ4v) is 3.52. The van der Waals surface area contributed by atoms with Crippen LogP contribution >= 0.6 is 15.9 Å². The number of hydrogen-bond acceptors (Lipinski definition) is 3. The Kier molecular flexibility index (Phi) is 4.95. The first-order valence-corrected chi connectivity index (χ1v) is 9.98. The predicted octanol–water partition coefficient (Wildman–Crippen LogP) is 3.04. The molecule has 8 heteroatoms. The Hall–Kier alpha value is -1.77. The minimum Gasteiger partial charge on any atom is -0.331 e. The third kappa shape index (κ3) is 4.08. The first-order valence-electron chi connectivity index (χ1n) is 7.64. The number of amides is 1. The van der Waals surface area contributed by atoms with Crippen molar-refractivity contribution in [2.24, 2.45) is 5.14 Å². The Bertz CT molecular complexity index is 929. The number of carbonyl (C=O) groups is 1. The van der Waals surface area contributed by atoms with E-state index in [2.05, 4.69) is 15.9 Å². The summed E-state index contributed by atoms with van der Waals surface area (Å²) in [5.41, 5.74) is 0.608. The first kappa shape index (κ1) is 18.0. The molecule has 1 saturated carbocycles. The van der Waals surface area contributed by atoms with E-state index in [9.17, 15) is 17.6 Å². The molecule has 0 aromatic heterocycles. The molecule has 5 nitrogen and oxygen atoms in total. The Labute approximate surface area is 153 Å². The van der Waals surface area contributed by atoms with Crippen LogP contribution in [0.25, 0.3) is 0 Å². The highest BCUT2D eigenvalue weighted by atomic mass is 79.9. The highest BCUT2D eigenvalue weighted by molar-refractivity contribution is 9.10. The number of halogens is 2. The number of rotatable bonds is 5. The van der Waals surface area contributed by atoms with E-state index in [-0.39, 0.29) is 34.8 Å². The van der Waals surface area contributed by atoms with Crippen LogP contribution in [0.1, 0.15) is 28.8 Å². The second kappa shape index (κ2) is 6.86. The second-order valence-electron chi connectivity index (χ2n) is 5.94. The molecule has 0 atom stereocenters. The maximum atomic E-state index is 14.0. The average molecular weight is 427 g/mol. The summed E-state index contributed by atoms with van der Waals surface area (Å²) >= 11 is 3.28. The maximum Gasteiger partial charge on any atom is 0.255 e. The number of nitrogens with zero attached hydrogens (tertiary/aromatic N) is 1. The fraction of sp³-hybridized carbons (Fsp3) is 0.235. The molecule has 2 aromatic carbocycles. The predicted molar refractivity (Wildman–Crippen MR) is 94.8 cm³/mol. The summed E-state index contributed by atoms with van der Waals surface area (Å²) < 4.78 is 37.5. The summed E-state index contributed by atoms with van der Waals surface area (Å²) in [6.45, 7) is 0.127. The maximum absolute atomic E-state index is 14.0. The SMILES string of the molecule is NS(=O)(=O)c1ccc(Br)c(C(=O)N(Cc2ccccc2F)C2CC2)c1. The topological polar surface area (TPSA) is 80.5 Å². The zero-order valence-corrected chi connectivity index (χ0v) is 15.6. The van der Waals surface area contributed by atoms with Crippen molar-refractivity contribution in [2.45, 2.75) is 30.3 Å². The van der Waals surface area contributed by atoms with Gasteiger partial charge in [-0.05, 0) is 53.0 Å². The zero-order chi connectivity index (χ0) is 18.2. The van der Waals surface area contributed by atoms with Crippen molar-refractivity contribution < 1.29 is 17.6 Å². The van der Waals surface area contributed by atoms with Gasteiger partial charge in [-0.15, -0.1) is 0 Å². The molecule has 0 radical (unpaired) electrons. The van der Waals surface area contributed by atoms with Crippen LogP contribution in [0.2, 0.25) is 0 Å². The van der Waals surface area contributed by atoms with E-state index in [1.807, 2.05) is 0 Å². The first-order chi connectivity index (χ1) is 11.8. The molecule has 0 aliphatic heterocycles. The Morgan fingerprint density at radius 1 is 1.24 bits per heavy atom. The number of nitrogens with two attached hydrogens (primary N) is 1. The van der Waals surface area contributed by atoms with Crippen LogP contribution in [-0.4, -0.2) is 25.3 Å². The number of benzene rings is 2. The highest BCUT2D eigenvalue weighted by Gasteiger charge is 2.34. The second-order valence-corrected chi connectivity index (χ2v) is 8.36. The van der Waals surface area contributed by atoms with Gasteiger partial charge in [0.15, 0.2) is 0 Å². The minimum absolute atomic E-state index is 0.0251. The van der Waals surface area contributed by atoms with Gasteiger partial charge in [0.25, 0.3) is 5.91 Å². The summed E-state index contributed by atoms with van der Waals surface area (Å²) in [5.74, 6) is -0.735. The van der Waals surface area contributed by atoms with Gasteiger partial charge in [-0.25, -0.2) is 17.9 Å². The van der Waals surface area contributed by atoms with Crippen LogP contribution in [0.4, 0.5) is 4.39 Å². The number of hydrogen-bond donors (Lipinski definition) is 1. The van der Waals surface area contributed by atoms with E-state index < -0.39 is 10.0 Å². The van der Waals surface area contributed by atoms with Gasteiger partial charge in [-0.1, -0.05) is 18.2 Å². The minimum atomic E-state index is -3.92. The monoisotopic (exact) mass is 426 g/mol. The van der Waals surface area contributed by atoms with E-state index in [1.54, 1.807) is 23.1 Å². The van der Waals surface area contributed by atoms with E-state index in [1.165, 1.54) is 24.3 Å². The van der Waals surface area contributed by atoms with Crippen LogP contribution in [0, 0.1) is 5.82 Å². The third-order valence-corrected chi connectivity index (χ3v) is 5.65. The van der Waals surface area contributed by atoms with Crippen molar-refractivity contribution >= 4 is 31.9 Å². The summed E-state index contributed by atoms with van der Waals surface area (Å²) in [4.78, 5) is 14.4. The standard InChI is InChI=1S/C17H16BrFN2O3S/c18-15-8-7-13(25(20,23)24)9-14(15)17(22)21(12-5-6-12)10-11-3-1-2-4-16(11)19/h1-4,7-9,12H,5-6,10H2,(H2,20,23,24). The van der Waals surface area contributed by atoms with Crippen molar-refractivity contribution in [2.75, 3.05) is 0 Å². The van der Waals surface area contributed by atoms with Gasteiger partial charge in [0, 0.05) is 22.6 Å². The van der Waals surface area contributed by atoms with Crippen LogP contribution in [0.3, 0.4) is 0 Å². The van der Waals surface area contributed by atoms with E-state index in [4.69, 9.17) is 5.14 Å². The summed E-state index contributed by atoms with van der Waals surface area (Å²) in [7, 11) is -3.92. The summed E-state index contributed by atoms with van der Waals surface area (Å²) in [6, 6.07) is 10.4. The molecule has 0 heterocycles. The van der Waals surface area contributed by atoms with Crippen LogP contribution in [-0.2, 0) is 16.6 Å². The molecule has 1 aliphatic rings. The molecular formula is C17H16BrFN2O3S. The largest absolute Gasteiger partial charge is 0.331 e. The van der Waals surface area contributed by atoms with Gasteiger partial charge < -0.3 is 4.90 Å². The zero-order valence-electron chi connectivity index (χ0n) is 13.2. The van der Waals surface area contributed by atoms with Crippen LogP contribution in [0.15, 0.2) is 51.8 Å². The van der Waals surface area contributed by atoms with Crippen molar-refractivity contribution in [3.8, 4) is 0 Å². The summed E-state index contributed by atoms with van der Waals surface area (Å²) in [6.07, 6.45) is 1.68. The lowest BCUT2D eigenvalue weighted by Gasteiger charge is -2.23. The van der Waals surface area contributed by atoms with Crippen molar-refractivity contribution in [1.82, 2.24) is 4.90 Å². The van der Waals surface area contributed by atoms with Gasteiger partial charge in [0.1, 0.15) is 5.82 Å². The quantitative estimate of drug-likeness (QED) is 0.797. The highest BCUT2D eigenvalue weighted by Crippen LogP contribution is 2.32. The number of primary sulfonamides is 1. The lowest BCUT2D eigenvalue weighted by atomic mass is 10.1. The van der Waals surface area contributed by atoms with Crippen molar-refractivity contribution in [1.29, 1.82) is 0 Å².